The van der Waals surface area contributed by atoms with Crippen LogP contribution in [0, 0.1) is 5.92 Å². The van der Waals surface area contributed by atoms with E-state index in [1.807, 2.05) is 12.3 Å². The lowest BCUT2D eigenvalue weighted by atomic mass is 10.1. The SMILES string of the molecule is CC(CN)CN1CCCN(c2ccn3nccc3n2)CC1. The fraction of sp³-hybridized carbons (Fsp3) is 0.600. The molecule has 6 heteroatoms. The highest BCUT2D eigenvalue weighted by molar-refractivity contribution is 5.47. The summed E-state index contributed by atoms with van der Waals surface area (Å²) in [6.07, 6.45) is 4.94. The van der Waals surface area contributed by atoms with E-state index >= 15 is 0 Å². The normalized spacial score (nSPS) is 18.9. The molecule has 2 aromatic rings. The number of fused-ring (bicyclic) bond motifs is 1. The monoisotopic (exact) mass is 288 g/mol. The Kier molecular flexibility index (Phi) is 4.36. The molecule has 1 aliphatic heterocycles. The van der Waals surface area contributed by atoms with E-state index in [1.165, 1.54) is 6.42 Å². The molecule has 1 aliphatic rings. The number of nitrogens with zero attached hydrogens (tertiary/aromatic N) is 5. The first kappa shape index (κ1) is 14.3. The van der Waals surface area contributed by atoms with E-state index in [9.17, 15) is 0 Å². The Labute approximate surface area is 125 Å². The number of nitrogens with two attached hydrogens (primary N) is 1. The molecule has 3 heterocycles. The third kappa shape index (κ3) is 3.33. The zero-order chi connectivity index (χ0) is 14.7. The minimum Gasteiger partial charge on any atom is -0.355 e. The van der Waals surface area contributed by atoms with E-state index in [0.29, 0.717) is 5.92 Å². The van der Waals surface area contributed by atoms with Crippen LogP contribution < -0.4 is 10.6 Å². The second-order valence-electron chi connectivity index (χ2n) is 5.90. The first-order chi connectivity index (χ1) is 10.3. The third-order valence-corrected chi connectivity index (χ3v) is 4.13. The molecule has 0 spiro atoms. The van der Waals surface area contributed by atoms with Gasteiger partial charge in [-0.25, -0.2) is 9.50 Å². The van der Waals surface area contributed by atoms with Crippen LogP contribution in [0.3, 0.4) is 0 Å². The highest BCUT2D eigenvalue weighted by Gasteiger charge is 2.17. The summed E-state index contributed by atoms with van der Waals surface area (Å²) in [5.74, 6) is 1.62. The van der Waals surface area contributed by atoms with Gasteiger partial charge in [0.2, 0.25) is 0 Å². The summed E-state index contributed by atoms with van der Waals surface area (Å²) < 4.78 is 1.80. The average Bonchev–Trinajstić information content (AvgIpc) is 2.85. The Morgan fingerprint density at radius 1 is 1.24 bits per heavy atom. The molecule has 6 nitrogen and oxygen atoms in total. The smallest absolute Gasteiger partial charge is 0.157 e. The second kappa shape index (κ2) is 6.41. The summed E-state index contributed by atoms with van der Waals surface area (Å²) in [5, 5.41) is 4.19. The van der Waals surface area contributed by atoms with E-state index in [1.54, 1.807) is 10.7 Å². The molecule has 2 aromatic heterocycles. The zero-order valence-corrected chi connectivity index (χ0v) is 12.6. The minimum absolute atomic E-state index is 0.567. The van der Waals surface area contributed by atoms with Crippen LogP contribution in [0.4, 0.5) is 5.82 Å². The van der Waals surface area contributed by atoms with E-state index in [2.05, 4.69) is 27.9 Å². The Morgan fingerprint density at radius 3 is 3.00 bits per heavy atom. The average molecular weight is 288 g/mol. The van der Waals surface area contributed by atoms with Gasteiger partial charge >= 0.3 is 0 Å². The van der Waals surface area contributed by atoms with Crippen molar-refractivity contribution in [1.29, 1.82) is 0 Å². The van der Waals surface area contributed by atoms with Crippen molar-refractivity contribution in [1.82, 2.24) is 19.5 Å². The molecule has 2 N–H and O–H groups in total. The summed E-state index contributed by atoms with van der Waals surface area (Å²) in [4.78, 5) is 9.59. The lowest BCUT2D eigenvalue weighted by molar-refractivity contribution is 0.255. The van der Waals surface area contributed by atoms with Gasteiger partial charge in [0, 0.05) is 38.4 Å². The molecule has 0 radical (unpaired) electrons. The van der Waals surface area contributed by atoms with Gasteiger partial charge in [-0.3, -0.25) is 0 Å². The lowest BCUT2D eigenvalue weighted by Gasteiger charge is -2.24. The molecule has 1 saturated heterocycles. The molecule has 1 atom stereocenters. The number of hydrogen-bond donors (Lipinski definition) is 1. The molecule has 0 bridgehead atoms. The zero-order valence-electron chi connectivity index (χ0n) is 12.6. The van der Waals surface area contributed by atoms with Crippen molar-refractivity contribution < 1.29 is 0 Å². The van der Waals surface area contributed by atoms with Crippen molar-refractivity contribution in [3.8, 4) is 0 Å². The standard InChI is InChI=1S/C15H24N6/c1-13(11-16)12-19-6-2-7-20(10-9-19)14-4-8-21-15(18-14)3-5-17-21/h3-5,8,13H,2,6-7,9-12,16H2,1H3. The van der Waals surface area contributed by atoms with Crippen LogP contribution in [-0.2, 0) is 0 Å². The van der Waals surface area contributed by atoms with Crippen LogP contribution in [-0.4, -0.2) is 58.8 Å². The molecule has 3 rings (SSSR count). The second-order valence-corrected chi connectivity index (χ2v) is 5.90. The van der Waals surface area contributed by atoms with E-state index in [-0.39, 0.29) is 0 Å². The molecule has 0 aromatic carbocycles. The topological polar surface area (TPSA) is 62.7 Å². The predicted molar refractivity (Wildman–Crippen MR) is 84.5 cm³/mol. The summed E-state index contributed by atoms with van der Waals surface area (Å²) in [5.41, 5.74) is 6.64. The van der Waals surface area contributed by atoms with Crippen LogP contribution in [0.5, 0.6) is 0 Å². The summed E-state index contributed by atoms with van der Waals surface area (Å²) in [6.45, 7) is 8.39. The van der Waals surface area contributed by atoms with Gasteiger partial charge in [0.15, 0.2) is 5.65 Å². The summed E-state index contributed by atoms with van der Waals surface area (Å²) in [7, 11) is 0. The van der Waals surface area contributed by atoms with Crippen molar-refractivity contribution in [2.24, 2.45) is 11.7 Å². The van der Waals surface area contributed by atoms with Gasteiger partial charge in [-0.15, -0.1) is 0 Å². The summed E-state index contributed by atoms with van der Waals surface area (Å²) in [6, 6.07) is 3.99. The highest BCUT2D eigenvalue weighted by atomic mass is 15.3. The van der Waals surface area contributed by atoms with Gasteiger partial charge in [0.1, 0.15) is 5.82 Å². The van der Waals surface area contributed by atoms with Crippen LogP contribution in [0.25, 0.3) is 5.65 Å². The maximum absolute atomic E-state index is 5.73. The maximum Gasteiger partial charge on any atom is 0.157 e. The van der Waals surface area contributed by atoms with Gasteiger partial charge < -0.3 is 15.5 Å². The number of anilines is 1. The van der Waals surface area contributed by atoms with E-state index in [4.69, 9.17) is 10.7 Å². The van der Waals surface area contributed by atoms with E-state index in [0.717, 1.165) is 50.7 Å². The fourth-order valence-electron chi connectivity index (χ4n) is 2.88. The van der Waals surface area contributed by atoms with Crippen LogP contribution in [0.2, 0.25) is 0 Å². The van der Waals surface area contributed by atoms with Crippen molar-refractivity contribution in [2.75, 3.05) is 44.2 Å². The molecule has 1 unspecified atom stereocenters. The van der Waals surface area contributed by atoms with Gasteiger partial charge in [-0.05, 0) is 31.5 Å². The number of aromatic nitrogens is 3. The van der Waals surface area contributed by atoms with Gasteiger partial charge in [-0.2, -0.15) is 5.10 Å². The number of rotatable bonds is 4. The highest BCUT2D eigenvalue weighted by Crippen LogP contribution is 2.15. The molecule has 21 heavy (non-hydrogen) atoms. The molecule has 0 aliphatic carbocycles. The fourth-order valence-corrected chi connectivity index (χ4v) is 2.88. The van der Waals surface area contributed by atoms with Crippen LogP contribution in [0.1, 0.15) is 13.3 Å². The van der Waals surface area contributed by atoms with Crippen molar-refractivity contribution in [3.63, 3.8) is 0 Å². The predicted octanol–water partition coefficient (Wildman–Crippen LogP) is 0.836. The third-order valence-electron chi connectivity index (χ3n) is 4.13. The van der Waals surface area contributed by atoms with Gasteiger partial charge in [0.25, 0.3) is 0 Å². The molecule has 1 fully saturated rings. The van der Waals surface area contributed by atoms with Crippen molar-refractivity contribution >= 4 is 11.5 Å². The Balaban J connectivity index is 1.66. The molecule has 114 valence electrons. The Morgan fingerprint density at radius 2 is 2.14 bits per heavy atom. The molecular formula is C15H24N6. The Hall–Kier alpha value is -1.66. The maximum atomic E-state index is 5.73. The largest absolute Gasteiger partial charge is 0.355 e. The van der Waals surface area contributed by atoms with E-state index < -0.39 is 0 Å². The first-order valence-corrected chi connectivity index (χ1v) is 7.74. The minimum atomic E-state index is 0.567. The summed E-state index contributed by atoms with van der Waals surface area (Å²) >= 11 is 0. The van der Waals surface area contributed by atoms with Gasteiger partial charge in [-0.1, -0.05) is 6.92 Å². The quantitative estimate of drug-likeness (QED) is 0.903. The molecule has 0 amide bonds. The van der Waals surface area contributed by atoms with Crippen molar-refractivity contribution in [2.45, 2.75) is 13.3 Å². The van der Waals surface area contributed by atoms with Gasteiger partial charge in [0.05, 0.1) is 6.20 Å². The molecular weight excluding hydrogens is 264 g/mol. The van der Waals surface area contributed by atoms with Crippen molar-refractivity contribution in [3.05, 3.63) is 24.5 Å². The lowest BCUT2D eigenvalue weighted by Crippen LogP contribution is -2.35. The Bertz CT molecular complexity index is 580. The number of hydrogen-bond acceptors (Lipinski definition) is 5. The first-order valence-electron chi connectivity index (χ1n) is 7.74. The van der Waals surface area contributed by atoms with Crippen LogP contribution >= 0.6 is 0 Å². The molecule has 0 saturated carbocycles. The van der Waals surface area contributed by atoms with Crippen LogP contribution in [0.15, 0.2) is 24.5 Å².